The van der Waals surface area contributed by atoms with Crippen molar-refractivity contribution in [2.45, 2.75) is 0 Å². The summed E-state index contributed by atoms with van der Waals surface area (Å²) in [6, 6.07) is 5.05. The average Bonchev–Trinajstić information content (AvgIpc) is 2.10. The first-order valence-corrected chi connectivity index (χ1v) is 4.89. The van der Waals surface area contributed by atoms with Gasteiger partial charge in [0, 0.05) is 9.13 Å². The maximum Gasteiger partial charge on any atom is 0.274 e. The molecule has 70 valence electrons. The predicted molar refractivity (Wildman–Crippen MR) is 58.6 cm³/mol. The van der Waals surface area contributed by atoms with Gasteiger partial charge in [-0.15, -0.1) is 0 Å². The van der Waals surface area contributed by atoms with Crippen molar-refractivity contribution < 1.29 is 9.63 Å². The molecule has 0 aliphatic rings. The van der Waals surface area contributed by atoms with E-state index in [0.717, 1.165) is 3.57 Å². The van der Waals surface area contributed by atoms with Crippen molar-refractivity contribution >= 4 is 40.1 Å². The Bertz CT molecular complexity index is 330. The van der Waals surface area contributed by atoms with Crippen LogP contribution >= 0.6 is 34.2 Å². The van der Waals surface area contributed by atoms with E-state index in [1.54, 1.807) is 18.2 Å². The first kappa shape index (κ1) is 10.7. The van der Waals surface area contributed by atoms with Gasteiger partial charge in [-0.2, -0.15) is 0 Å². The zero-order chi connectivity index (χ0) is 9.84. The minimum atomic E-state index is -0.305. The van der Waals surface area contributed by atoms with Crippen molar-refractivity contribution in [3.63, 3.8) is 0 Å². The van der Waals surface area contributed by atoms with Crippen molar-refractivity contribution in [1.82, 2.24) is 5.48 Å². The van der Waals surface area contributed by atoms with Crippen LogP contribution in [0.15, 0.2) is 18.2 Å². The van der Waals surface area contributed by atoms with Crippen molar-refractivity contribution in [3.05, 3.63) is 32.4 Å². The molecule has 0 atom stereocenters. The van der Waals surface area contributed by atoms with Crippen LogP contribution in [0.4, 0.5) is 0 Å². The Morgan fingerprint density at radius 2 is 2.31 bits per heavy atom. The SMILES string of the molecule is CONC(=O)c1ccc(I)c(Cl)c1. The molecule has 1 amide bonds. The third-order valence-corrected chi connectivity index (χ3v) is 2.95. The minimum Gasteiger partial charge on any atom is -0.277 e. The van der Waals surface area contributed by atoms with Crippen LogP contribution in [0, 0.1) is 3.57 Å². The Morgan fingerprint density at radius 3 is 2.85 bits per heavy atom. The van der Waals surface area contributed by atoms with E-state index in [9.17, 15) is 4.79 Å². The summed E-state index contributed by atoms with van der Waals surface area (Å²) < 4.78 is 0.910. The van der Waals surface area contributed by atoms with Gasteiger partial charge in [0.15, 0.2) is 0 Å². The second-order valence-corrected chi connectivity index (χ2v) is 3.83. The summed E-state index contributed by atoms with van der Waals surface area (Å²) in [6.45, 7) is 0. The lowest BCUT2D eigenvalue weighted by atomic mass is 10.2. The van der Waals surface area contributed by atoms with Gasteiger partial charge in [-0.3, -0.25) is 9.63 Å². The maximum absolute atomic E-state index is 11.2. The number of carbonyl (C=O) groups is 1. The van der Waals surface area contributed by atoms with Gasteiger partial charge in [-0.25, -0.2) is 5.48 Å². The lowest BCUT2D eigenvalue weighted by molar-refractivity contribution is 0.0537. The molecular weight excluding hydrogens is 304 g/mol. The molecule has 1 N–H and O–H groups in total. The second-order valence-electron chi connectivity index (χ2n) is 2.26. The molecule has 0 heterocycles. The zero-order valence-electron chi connectivity index (χ0n) is 6.80. The van der Waals surface area contributed by atoms with Gasteiger partial charge < -0.3 is 0 Å². The summed E-state index contributed by atoms with van der Waals surface area (Å²) in [5, 5.41) is 0.560. The second kappa shape index (κ2) is 4.78. The van der Waals surface area contributed by atoms with Gasteiger partial charge in [0.05, 0.1) is 12.1 Å². The number of carbonyl (C=O) groups excluding carboxylic acids is 1. The van der Waals surface area contributed by atoms with E-state index in [-0.39, 0.29) is 5.91 Å². The van der Waals surface area contributed by atoms with Crippen molar-refractivity contribution in [3.8, 4) is 0 Å². The summed E-state index contributed by atoms with van der Waals surface area (Å²) >= 11 is 7.92. The Hall–Kier alpha value is -0.330. The van der Waals surface area contributed by atoms with E-state index in [1.807, 2.05) is 0 Å². The lowest BCUT2D eigenvalue weighted by Gasteiger charge is -2.02. The summed E-state index contributed by atoms with van der Waals surface area (Å²) in [4.78, 5) is 15.7. The highest BCUT2D eigenvalue weighted by atomic mass is 127. The molecule has 0 radical (unpaired) electrons. The fourth-order valence-electron chi connectivity index (χ4n) is 0.789. The quantitative estimate of drug-likeness (QED) is 0.672. The molecule has 1 aromatic carbocycles. The fourth-order valence-corrected chi connectivity index (χ4v) is 1.31. The van der Waals surface area contributed by atoms with Gasteiger partial charge >= 0.3 is 0 Å². The number of amides is 1. The molecule has 1 rings (SSSR count). The Labute approximate surface area is 94.5 Å². The molecule has 0 spiro atoms. The molecule has 0 aliphatic heterocycles. The fraction of sp³-hybridized carbons (Fsp3) is 0.125. The largest absolute Gasteiger partial charge is 0.277 e. The van der Waals surface area contributed by atoms with E-state index >= 15 is 0 Å². The number of rotatable bonds is 2. The van der Waals surface area contributed by atoms with Crippen molar-refractivity contribution in [2.75, 3.05) is 7.11 Å². The van der Waals surface area contributed by atoms with E-state index < -0.39 is 0 Å². The first-order chi connectivity index (χ1) is 6.15. The third-order valence-electron chi connectivity index (χ3n) is 1.38. The zero-order valence-corrected chi connectivity index (χ0v) is 9.72. The molecule has 0 bridgehead atoms. The summed E-state index contributed by atoms with van der Waals surface area (Å²) in [6.07, 6.45) is 0. The number of nitrogens with one attached hydrogen (secondary N) is 1. The molecule has 0 aliphatic carbocycles. The highest BCUT2D eigenvalue weighted by Crippen LogP contribution is 2.19. The number of hydroxylamine groups is 1. The van der Waals surface area contributed by atoms with E-state index in [0.29, 0.717) is 10.6 Å². The van der Waals surface area contributed by atoms with Crippen LogP contribution in [0.3, 0.4) is 0 Å². The Morgan fingerprint density at radius 1 is 1.62 bits per heavy atom. The lowest BCUT2D eigenvalue weighted by Crippen LogP contribution is -2.21. The van der Waals surface area contributed by atoms with Crippen LogP contribution in [-0.4, -0.2) is 13.0 Å². The Kier molecular flexibility index (Phi) is 3.95. The topological polar surface area (TPSA) is 38.3 Å². The number of benzene rings is 1. The molecule has 0 unspecified atom stereocenters. The minimum absolute atomic E-state index is 0.305. The summed E-state index contributed by atoms with van der Waals surface area (Å²) in [5.74, 6) is -0.305. The average molecular weight is 312 g/mol. The molecule has 0 saturated heterocycles. The van der Waals surface area contributed by atoms with Crippen LogP contribution in [0.2, 0.25) is 5.02 Å². The monoisotopic (exact) mass is 311 g/mol. The number of halogens is 2. The van der Waals surface area contributed by atoms with Gasteiger partial charge in [0.2, 0.25) is 0 Å². The summed E-state index contributed by atoms with van der Waals surface area (Å²) in [5.41, 5.74) is 2.69. The van der Waals surface area contributed by atoms with Crippen molar-refractivity contribution in [1.29, 1.82) is 0 Å². The van der Waals surface area contributed by atoms with Gasteiger partial charge in [-0.1, -0.05) is 11.6 Å². The highest BCUT2D eigenvalue weighted by Gasteiger charge is 2.06. The van der Waals surface area contributed by atoms with Gasteiger partial charge in [0.25, 0.3) is 5.91 Å². The standard InChI is InChI=1S/C8H7ClINO2/c1-13-11-8(12)5-2-3-7(10)6(9)4-5/h2-4H,1H3,(H,11,12). The first-order valence-electron chi connectivity index (χ1n) is 3.43. The maximum atomic E-state index is 11.2. The van der Waals surface area contributed by atoms with Gasteiger partial charge in [-0.05, 0) is 40.8 Å². The molecule has 0 fully saturated rings. The van der Waals surface area contributed by atoms with Crippen LogP contribution in [0.1, 0.15) is 10.4 Å². The normalized spacial score (nSPS) is 9.77. The molecule has 3 nitrogen and oxygen atoms in total. The molecule has 13 heavy (non-hydrogen) atoms. The van der Waals surface area contributed by atoms with Crippen LogP contribution < -0.4 is 5.48 Å². The Balaban J connectivity index is 2.90. The molecule has 5 heteroatoms. The number of hydrogen-bond donors (Lipinski definition) is 1. The van der Waals surface area contributed by atoms with E-state index in [4.69, 9.17) is 11.6 Å². The predicted octanol–water partition coefficient (Wildman–Crippen LogP) is 2.24. The number of hydrogen-bond acceptors (Lipinski definition) is 2. The smallest absolute Gasteiger partial charge is 0.274 e. The molecule has 1 aromatic rings. The van der Waals surface area contributed by atoms with E-state index in [2.05, 4.69) is 32.9 Å². The van der Waals surface area contributed by atoms with Crippen LogP contribution in [-0.2, 0) is 4.84 Å². The molecule has 0 saturated carbocycles. The summed E-state index contributed by atoms with van der Waals surface area (Å²) in [7, 11) is 1.38. The van der Waals surface area contributed by atoms with Gasteiger partial charge in [0.1, 0.15) is 0 Å². The van der Waals surface area contributed by atoms with E-state index in [1.165, 1.54) is 7.11 Å². The van der Waals surface area contributed by atoms with Crippen molar-refractivity contribution in [2.24, 2.45) is 0 Å². The molecule has 0 aromatic heterocycles. The molecular formula is C8H7ClINO2. The highest BCUT2D eigenvalue weighted by molar-refractivity contribution is 14.1. The third kappa shape index (κ3) is 2.82. The van der Waals surface area contributed by atoms with Crippen LogP contribution in [0.25, 0.3) is 0 Å². The van der Waals surface area contributed by atoms with Crippen LogP contribution in [0.5, 0.6) is 0 Å².